The smallest absolute Gasteiger partial charge is 0.322 e. The number of nitrogens with one attached hydrogen (secondary N) is 1. The molecule has 0 saturated carbocycles. The molecule has 0 spiro atoms. The monoisotopic (exact) mass is 363 g/mol. The number of aromatic nitrogens is 1. The minimum atomic E-state index is -0.321. The van der Waals surface area contributed by atoms with Crippen LogP contribution in [0.15, 0.2) is 66.9 Å². The first kappa shape index (κ1) is 17.3. The molecule has 1 N–H and O–H groups in total. The van der Waals surface area contributed by atoms with Gasteiger partial charge in [0.25, 0.3) is 0 Å². The van der Waals surface area contributed by atoms with E-state index in [0.29, 0.717) is 6.54 Å². The van der Waals surface area contributed by atoms with Crippen LogP contribution in [0.25, 0.3) is 0 Å². The van der Waals surface area contributed by atoms with Gasteiger partial charge in [0.05, 0.1) is 6.04 Å². The number of nitrogens with zero attached hydrogens (tertiary/aromatic N) is 2. The van der Waals surface area contributed by atoms with Gasteiger partial charge in [-0.15, -0.1) is 0 Å². The Labute approximate surface area is 158 Å². The summed E-state index contributed by atoms with van der Waals surface area (Å²) in [6, 6.07) is 17.8. The van der Waals surface area contributed by atoms with Gasteiger partial charge in [-0.2, -0.15) is 0 Å². The summed E-state index contributed by atoms with van der Waals surface area (Å²) in [5.41, 5.74) is 3.68. The van der Waals surface area contributed by atoms with Crippen LogP contribution in [-0.2, 0) is 13.0 Å². The number of urea groups is 1. The fourth-order valence-electron chi connectivity index (χ4n) is 3.77. The highest BCUT2D eigenvalue weighted by molar-refractivity contribution is 5.90. The predicted octanol–water partition coefficient (Wildman–Crippen LogP) is 4.83. The summed E-state index contributed by atoms with van der Waals surface area (Å²) in [5, 5.41) is 3.05. The summed E-state index contributed by atoms with van der Waals surface area (Å²) in [6.07, 6.45) is 2.84. The maximum atomic E-state index is 13.9. The molecule has 27 heavy (non-hydrogen) atoms. The number of hydrogen-bond donors (Lipinski definition) is 1. The zero-order valence-electron chi connectivity index (χ0n) is 15.2. The molecular weight excluding hydrogens is 341 g/mol. The van der Waals surface area contributed by atoms with Gasteiger partial charge in [0, 0.05) is 30.7 Å². The molecule has 1 atom stereocenters. The van der Waals surface area contributed by atoms with Crippen LogP contribution in [0.2, 0.25) is 0 Å². The number of anilines is 1. The van der Waals surface area contributed by atoms with Gasteiger partial charge < -0.3 is 14.8 Å². The van der Waals surface area contributed by atoms with Crippen LogP contribution >= 0.6 is 0 Å². The summed E-state index contributed by atoms with van der Waals surface area (Å²) < 4.78 is 16.0. The Balaban J connectivity index is 1.69. The summed E-state index contributed by atoms with van der Waals surface area (Å²) in [4.78, 5) is 14.9. The Morgan fingerprint density at radius 1 is 1.11 bits per heavy atom. The summed E-state index contributed by atoms with van der Waals surface area (Å²) in [5.74, 6) is -0.298. The number of carbonyl (C=O) groups excluding carboxylic acids is 1. The van der Waals surface area contributed by atoms with Crippen molar-refractivity contribution in [2.45, 2.75) is 25.9 Å². The van der Waals surface area contributed by atoms with Crippen LogP contribution in [0.3, 0.4) is 0 Å². The molecule has 2 heterocycles. The number of amides is 2. The Hall–Kier alpha value is -3.08. The fraction of sp³-hybridized carbons (Fsp3) is 0.227. The second kappa shape index (κ2) is 7.27. The molecule has 1 aliphatic rings. The number of aryl methyl sites for hydroxylation is 1. The van der Waals surface area contributed by atoms with E-state index in [0.717, 1.165) is 35.5 Å². The molecule has 4 rings (SSSR count). The van der Waals surface area contributed by atoms with Crippen molar-refractivity contribution in [1.29, 1.82) is 0 Å². The van der Waals surface area contributed by atoms with Crippen molar-refractivity contribution in [2.75, 3.05) is 11.9 Å². The second-order valence-corrected chi connectivity index (χ2v) is 6.72. The Bertz CT molecular complexity index is 965. The first-order valence-electron chi connectivity index (χ1n) is 9.23. The number of hydrogen-bond acceptors (Lipinski definition) is 1. The van der Waals surface area contributed by atoms with E-state index < -0.39 is 0 Å². The highest BCUT2D eigenvalue weighted by atomic mass is 19.1. The normalized spacial score (nSPS) is 16.1. The van der Waals surface area contributed by atoms with Gasteiger partial charge >= 0.3 is 6.03 Å². The van der Waals surface area contributed by atoms with Crippen molar-refractivity contribution in [2.24, 2.45) is 0 Å². The van der Waals surface area contributed by atoms with Crippen molar-refractivity contribution >= 4 is 11.7 Å². The number of carbonyl (C=O) groups is 1. The topological polar surface area (TPSA) is 37.3 Å². The maximum absolute atomic E-state index is 13.9. The van der Waals surface area contributed by atoms with E-state index in [1.807, 2.05) is 48.7 Å². The highest BCUT2D eigenvalue weighted by Crippen LogP contribution is 2.33. The quantitative estimate of drug-likeness (QED) is 0.711. The van der Waals surface area contributed by atoms with Gasteiger partial charge in [0.2, 0.25) is 0 Å². The third kappa shape index (κ3) is 3.33. The molecule has 2 amide bonds. The molecule has 1 aromatic heterocycles. The number of para-hydroxylation sites is 1. The largest absolute Gasteiger partial charge is 0.348 e. The zero-order valence-corrected chi connectivity index (χ0v) is 15.2. The molecule has 0 saturated heterocycles. The lowest BCUT2D eigenvalue weighted by Gasteiger charge is -2.37. The molecule has 4 nitrogen and oxygen atoms in total. The average Bonchev–Trinajstić information content (AvgIpc) is 3.16. The van der Waals surface area contributed by atoms with Crippen LogP contribution in [0.4, 0.5) is 14.9 Å². The van der Waals surface area contributed by atoms with Crippen LogP contribution < -0.4 is 5.32 Å². The molecule has 0 fully saturated rings. The predicted molar refractivity (Wildman–Crippen MR) is 104 cm³/mol. The lowest BCUT2D eigenvalue weighted by molar-refractivity contribution is 0.181. The highest BCUT2D eigenvalue weighted by Gasteiger charge is 2.32. The lowest BCUT2D eigenvalue weighted by Crippen LogP contribution is -2.44. The third-order valence-electron chi connectivity index (χ3n) is 5.10. The van der Waals surface area contributed by atoms with Crippen LogP contribution in [0.1, 0.15) is 29.8 Å². The molecule has 1 aliphatic heterocycles. The van der Waals surface area contributed by atoms with Crippen molar-refractivity contribution < 1.29 is 9.18 Å². The number of halogens is 1. The number of fused-ring (bicyclic) bond motifs is 1. The third-order valence-corrected chi connectivity index (χ3v) is 5.10. The summed E-state index contributed by atoms with van der Waals surface area (Å²) in [6.45, 7) is 3.34. The van der Waals surface area contributed by atoms with Crippen LogP contribution in [0.5, 0.6) is 0 Å². The van der Waals surface area contributed by atoms with E-state index >= 15 is 0 Å². The first-order chi connectivity index (χ1) is 13.2. The van der Waals surface area contributed by atoms with E-state index in [-0.39, 0.29) is 17.9 Å². The van der Waals surface area contributed by atoms with Crippen molar-refractivity contribution in [3.63, 3.8) is 0 Å². The Morgan fingerprint density at radius 3 is 2.78 bits per heavy atom. The van der Waals surface area contributed by atoms with E-state index in [9.17, 15) is 9.18 Å². The summed E-state index contributed by atoms with van der Waals surface area (Å²) in [7, 11) is 0. The fourth-order valence-corrected chi connectivity index (χ4v) is 3.77. The van der Waals surface area contributed by atoms with Gasteiger partial charge in [-0.05, 0) is 47.9 Å². The van der Waals surface area contributed by atoms with E-state index in [1.54, 1.807) is 11.0 Å². The average molecular weight is 363 g/mol. The van der Waals surface area contributed by atoms with Gasteiger partial charge in [0.1, 0.15) is 5.82 Å². The van der Waals surface area contributed by atoms with Crippen LogP contribution in [0, 0.1) is 5.82 Å². The van der Waals surface area contributed by atoms with Gasteiger partial charge in [0.15, 0.2) is 0 Å². The molecule has 3 aromatic rings. The molecule has 0 bridgehead atoms. The first-order valence-corrected chi connectivity index (χ1v) is 9.23. The standard InChI is InChI=1S/C22H22FN3O/c1-2-16-7-3-4-10-19(16)24-22(27)26-14-13-25-12-6-11-20(25)21(26)17-8-5-9-18(23)15-17/h3-12,15,21H,2,13-14H2,1H3,(H,24,27)/t21-/m0/s1. The molecular formula is C22H22FN3O. The minimum absolute atomic E-state index is 0.169. The van der Waals surface area contributed by atoms with Crippen molar-refractivity contribution in [3.05, 3.63) is 89.5 Å². The molecule has 0 unspecified atom stereocenters. The SMILES string of the molecule is CCc1ccccc1NC(=O)N1CCn2cccc2[C@@H]1c1cccc(F)c1. The molecule has 0 radical (unpaired) electrons. The molecule has 0 aliphatic carbocycles. The Morgan fingerprint density at radius 2 is 1.96 bits per heavy atom. The van der Waals surface area contributed by atoms with E-state index in [4.69, 9.17) is 0 Å². The molecule has 2 aromatic carbocycles. The summed E-state index contributed by atoms with van der Waals surface area (Å²) >= 11 is 0. The maximum Gasteiger partial charge on any atom is 0.322 e. The Kier molecular flexibility index (Phi) is 4.67. The van der Waals surface area contributed by atoms with Gasteiger partial charge in [-0.25, -0.2) is 9.18 Å². The second-order valence-electron chi connectivity index (χ2n) is 6.72. The van der Waals surface area contributed by atoms with Gasteiger partial charge in [-0.1, -0.05) is 37.3 Å². The lowest BCUT2D eigenvalue weighted by atomic mass is 10.00. The molecule has 5 heteroatoms. The van der Waals surface area contributed by atoms with E-state index in [1.165, 1.54) is 12.1 Å². The molecule has 138 valence electrons. The van der Waals surface area contributed by atoms with Crippen LogP contribution in [-0.4, -0.2) is 22.0 Å². The zero-order chi connectivity index (χ0) is 18.8. The minimum Gasteiger partial charge on any atom is -0.348 e. The van der Waals surface area contributed by atoms with E-state index in [2.05, 4.69) is 16.8 Å². The number of benzene rings is 2. The van der Waals surface area contributed by atoms with Crippen molar-refractivity contribution in [1.82, 2.24) is 9.47 Å². The number of rotatable bonds is 3. The van der Waals surface area contributed by atoms with Crippen molar-refractivity contribution in [3.8, 4) is 0 Å². The van der Waals surface area contributed by atoms with Gasteiger partial charge in [-0.3, -0.25) is 0 Å².